The Bertz CT molecular complexity index is 972. The molecule has 0 aromatic heterocycles. The summed E-state index contributed by atoms with van der Waals surface area (Å²) in [7, 11) is 0. The zero-order valence-corrected chi connectivity index (χ0v) is 23.5. The van der Waals surface area contributed by atoms with Gasteiger partial charge in [0.15, 0.2) is 0 Å². The highest BCUT2D eigenvalue weighted by Gasteiger charge is 2.38. The van der Waals surface area contributed by atoms with Crippen molar-refractivity contribution in [1.29, 1.82) is 0 Å². The van der Waals surface area contributed by atoms with Crippen LogP contribution in [0.5, 0.6) is 0 Å². The van der Waals surface area contributed by atoms with Crippen molar-refractivity contribution < 1.29 is 39.6 Å². The van der Waals surface area contributed by atoms with Crippen molar-refractivity contribution in [2.45, 2.75) is 83.7 Å². The molecule has 4 unspecified atom stereocenters. The van der Waals surface area contributed by atoms with Crippen molar-refractivity contribution in [2.24, 2.45) is 11.8 Å². The van der Waals surface area contributed by atoms with E-state index in [0.29, 0.717) is 25.8 Å². The number of benzene rings is 1. The molecule has 0 aliphatic heterocycles. The summed E-state index contributed by atoms with van der Waals surface area (Å²) < 4.78 is 0. The lowest BCUT2D eigenvalue weighted by molar-refractivity contribution is -0.146. The fourth-order valence-electron chi connectivity index (χ4n) is 5.70. The molecule has 1 aliphatic rings. The molecule has 2 rings (SSSR count). The zero-order valence-electron chi connectivity index (χ0n) is 23.5. The zero-order chi connectivity index (χ0) is 29.3. The van der Waals surface area contributed by atoms with Crippen LogP contribution >= 0.6 is 0 Å². The maximum Gasteiger partial charge on any atom is 0.317 e. The third-order valence-corrected chi connectivity index (χ3v) is 7.74. The van der Waals surface area contributed by atoms with Crippen LogP contribution < -0.4 is 0 Å². The minimum absolute atomic E-state index is 0.0133. The molecule has 1 aromatic rings. The monoisotopic (exact) mass is 548 g/mol. The lowest BCUT2D eigenvalue weighted by Gasteiger charge is -2.45. The molecule has 0 spiro atoms. The number of carbonyl (C=O) groups is 4. The van der Waals surface area contributed by atoms with Gasteiger partial charge in [-0.2, -0.15) is 0 Å². The number of nitrogens with zero attached hydrogens (tertiary/aromatic N) is 2. The standard InChI is InChI=1S/C29H44N2O8/c1-19(13-25(32)33)21(14-20-9-11-22(12-10-20)29(2,3)4)15-30(16-26(34)35)23-7-5-6-8-24(23)31(17-27(36)37)18-28(38)39/h9-12,19,21,23-24H,5-8,13-18H2,1-4H3,(H,32,33)(H,34,35)(H,36,37)(H,38,39). The van der Waals surface area contributed by atoms with E-state index in [0.717, 1.165) is 18.4 Å². The van der Waals surface area contributed by atoms with Crippen molar-refractivity contribution >= 4 is 23.9 Å². The maximum absolute atomic E-state index is 12.0. The van der Waals surface area contributed by atoms with Crippen LogP contribution in [-0.4, -0.2) is 92.4 Å². The fourth-order valence-corrected chi connectivity index (χ4v) is 5.70. The van der Waals surface area contributed by atoms with Crippen LogP contribution in [0.1, 0.15) is 70.9 Å². The van der Waals surface area contributed by atoms with Crippen LogP contribution in [0.2, 0.25) is 0 Å². The molecule has 4 atom stereocenters. The molecule has 0 saturated heterocycles. The van der Waals surface area contributed by atoms with E-state index in [1.165, 1.54) is 10.5 Å². The molecule has 10 nitrogen and oxygen atoms in total. The smallest absolute Gasteiger partial charge is 0.317 e. The van der Waals surface area contributed by atoms with Gasteiger partial charge >= 0.3 is 23.9 Å². The predicted molar refractivity (Wildman–Crippen MR) is 146 cm³/mol. The fraction of sp³-hybridized carbons (Fsp3) is 0.655. The highest BCUT2D eigenvalue weighted by Crippen LogP contribution is 2.31. The summed E-state index contributed by atoms with van der Waals surface area (Å²) >= 11 is 0. The summed E-state index contributed by atoms with van der Waals surface area (Å²) in [4.78, 5) is 49.9. The van der Waals surface area contributed by atoms with Gasteiger partial charge in [-0.3, -0.25) is 29.0 Å². The normalized spacial score (nSPS) is 19.5. The van der Waals surface area contributed by atoms with E-state index in [4.69, 9.17) is 0 Å². The van der Waals surface area contributed by atoms with Crippen molar-refractivity contribution in [2.75, 3.05) is 26.2 Å². The third kappa shape index (κ3) is 10.6. The number of hydrogen-bond acceptors (Lipinski definition) is 6. The summed E-state index contributed by atoms with van der Waals surface area (Å²) in [5, 5.41) is 38.2. The Hall–Kier alpha value is -2.98. The molecular weight excluding hydrogens is 504 g/mol. The summed E-state index contributed by atoms with van der Waals surface area (Å²) in [6.07, 6.45) is 3.26. The molecule has 39 heavy (non-hydrogen) atoms. The molecule has 0 amide bonds. The van der Waals surface area contributed by atoms with E-state index >= 15 is 0 Å². The SMILES string of the molecule is CC(CC(=O)O)C(Cc1ccc(C(C)(C)C)cc1)CN(CC(=O)O)C1CCCCC1N(CC(=O)O)CC(=O)O. The van der Waals surface area contributed by atoms with Crippen LogP contribution in [0, 0.1) is 11.8 Å². The molecular formula is C29H44N2O8. The van der Waals surface area contributed by atoms with E-state index in [1.54, 1.807) is 0 Å². The van der Waals surface area contributed by atoms with Crippen LogP contribution in [-0.2, 0) is 31.0 Å². The number of aliphatic carboxylic acids is 4. The first-order valence-corrected chi connectivity index (χ1v) is 13.6. The van der Waals surface area contributed by atoms with Crippen LogP contribution in [0.25, 0.3) is 0 Å². The van der Waals surface area contributed by atoms with Gasteiger partial charge in [-0.25, -0.2) is 0 Å². The lowest BCUT2D eigenvalue weighted by Crippen LogP contribution is -2.57. The first kappa shape index (κ1) is 32.2. The highest BCUT2D eigenvalue weighted by atomic mass is 16.4. The Morgan fingerprint density at radius 3 is 1.69 bits per heavy atom. The van der Waals surface area contributed by atoms with Gasteiger partial charge in [0.1, 0.15) is 0 Å². The van der Waals surface area contributed by atoms with Gasteiger partial charge < -0.3 is 20.4 Å². The lowest BCUT2D eigenvalue weighted by atomic mass is 9.82. The van der Waals surface area contributed by atoms with Crippen LogP contribution in [0.15, 0.2) is 24.3 Å². The van der Waals surface area contributed by atoms with Gasteiger partial charge in [0.2, 0.25) is 0 Å². The number of rotatable bonds is 15. The Morgan fingerprint density at radius 2 is 1.26 bits per heavy atom. The van der Waals surface area contributed by atoms with E-state index < -0.39 is 43.0 Å². The largest absolute Gasteiger partial charge is 0.481 e. The van der Waals surface area contributed by atoms with Crippen LogP contribution in [0.3, 0.4) is 0 Å². The minimum Gasteiger partial charge on any atom is -0.481 e. The van der Waals surface area contributed by atoms with E-state index in [9.17, 15) is 39.6 Å². The van der Waals surface area contributed by atoms with Crippen molar-refractivity contribution in [3.8, 4) is 0 Å². The first-order valence-electron chi connectivity index (χ1n) is 13.6. The van der Waals surface area contributed by atoms with E-state index in [2.05, 4.69) is 32.9 Å². The quantitative estimate of drug-likeness (QED) is 0.256. The van der Waals surface area contributed by atoms with Crippen molar-refractivity contribution in [3.63, 3.8) is 0 Å². The molecule has 0 bridgehead atoms. The molecule has 1 aromatic carbocycles. The second kappa shape index (κ2) is 14.4. The summed E-state index contributed by atoms with van der Waals surface area (Å²) in [6.45, 7) is 7.35. The van der Waals surface area contributed by atoms with Crippen molar-refractivity contribution in [3.05, 3.63) is 35.4 Å². The Labute approximate surface area is 230 Å². The van der Waals surface area contributed by atoms with Gasteiger partial charge in [-0.05, 0) is 47.6 Å². The highest BCUT2D eigenvalue weighted by molar-refractivity contribution is 5.73. The summed E-state index contributed by atoms with van der Waals surface area (Å²) in [5.41, 5.74) is 2.19. The molecule has 1 fully saturated rings. The van der Waals surface area contributed by atoms with Gasteiger partial charge in [0, 0.05) is 25.0 Å². The Kier molecular flexibility index (Phi) is 11.9. The predicted octanol–water partition coefficient (Wildman–Crippen LogP) is 3.42. The number of carboxylic acids is 4. The summed E-state index contributed by atoms with van der Waals surface area (Å²) in [5.74, 6) is -4.69. The average Bonchev–Trinajstić information content (AvgIpc) is 2.81. The molecule has 4 N–H and O–H groups in total. The Morgan fingerprint density at radius 1 is 0.795 bits per heavy atom. The summed E-state index contributed by atoms with van der Waals surface area (Å²) in [6, 6.07) is 7.40. The molecule has 0 heterocycles. The van der Waals surface area contributed by atoms with Gasteiger partial charge in [0.25, 0.3) is 0 Å². The molecule has 218 valence electrons. The molecule has 1 saturated carbocycles. The third-order valence-electron chi connectivity index (χ3n) is 7.74. The van der Waals surface area contributed by atoms with E-state index in [1.807, 2.05) is 24.0 Å². The Balaban J connectivity index is 2.40. The first-order chi connectivity index (χ1) is 18.2. The second-order valence-corrected chi connectivity index (χ2v) is 11.9. The number of hydrogen-bond donors (Lipinski definition) is 4. The van der Waals surface area contributed by atoms with Gasteiger partial charge in [-0.15, -0.1) is 0 Å². The molecule has 10 heteroatoms. The second-order valence-electron chi connectivity index (χ2n) is 11.9. The topological polar surface area (TPSA) is 156 Å². The molecule has 1 aliphatic carbocycles. The van der Waals surface area contributed by atoms with Crippen LogP contribution in [0.4, 0.5) is 0 Å². The molecule has 0 radical (unpaired) electrons. The van der Waals surface area contributed by atoms with Gasteiger partial charge in [-0.1, -0.05) is 64.8 Å². The average molecular weight is 549 g/mol. The maximum atomic E-state index is 12.0. The van der Waals surface area contributed by atoms with Gasteiger partial charge in [0.05, 0.1) is 19.6 Å². The van der Waals surface area contributed by atoms with E-state index in [-0.39, 0.29) is 36.3 Å². The minimum atomic E-state index is -1.14. The van der Waals surface area contributed by atoms with Crippen molar-refractivity contribution in [1.82, 2.24) is 9.80 Å². The number of carboxylic acid groups (broad SMARTS) is 4.